The number of hydrogen-bond acceptors (Lipinski definition) is 1. The third kappa shape index (κ3) is 1.56. The first kappa shape index (κ1) is 8.31. The third-order valence-corrected chi connectivity index (χ3v) is 3.39. The van der Waals surface area contributed by atoms with Crippen LogP contribution in [0.25, 0.3) is 0 Å². The van der Waals surface area contributed by atoms with Crippen LogP contribution < -0.4 is 5.73 Å². The van der Waals surface area contributed by atoms with Crippen molar-refractivity contribution in [2.24, 2.45) is 23.5 Å². The molecule has 0 spiro atoms. The highest BCUT2D eigenvalue weighted by atomic mass is 14.6. The maximum Gasteiger partial charge on any atom is 0.00133 e. The van der Waals surface area contributed by atoms with Crippen molar-refractivity contribution in [2.45, 2.75) is 38.6 Å². The predicted octanol–water partition coefficient (Wildman–Crippen LogP) is 2.33. The molecule has 0 aromatic carbocycles. The fourth-order valence-electron chi connectivity index (χ4n) is 2.80. The second kappa shape index (κ2) is 3.21. The summed E-state index contributed by atoms with van der Waals surface area (Å²) in [6.45, 7) is 2.13. The van der Waals surface area contributed by atoms with Gasteiger partial charge in [0.15, 0.2) is 0 Å². The molecular weight excluding hydrogens is 146 g/mol. The van der Waals surface area contributed by atoms with Crippen molar-refractivity contribution in [1.82, 2.24) is 0 Å². The van der Waals surface area contributed by atoms with Crippen molar-refractivity contribution in [3.05, 3.63) is 12.2 Å². The lowest BCUT2D eigenvalue weighted by Gasteiger charge is -2.38. The van der Waals surface area contributed by atoms with Gasteiger partial charge in [-0.3, -0.25) is 0 Å². The van der Waals surface area contributed by atoms with Gasteiger partial charge < -0.3 is 5.73 Å². The maximum absolute atomic E-state index is 5.83. The Morgan fingerprint density at radius 3 is 2.67 bits per heavy atom. The molecular formula is C11H19N. The first-order valence-corrected chi connectivity index (χ1v) is 5.19. The summed E-state index contributed by atoms with van der Waals surface area (Å²) in [5.41, 5.74) is 5.83. The van der Waals surface area contributed by atoms with E-state index >= 15 is 0 Å². The van der Waals surface area contributed by atoms with E-state index in [1.54, 1.807) is 0 Å². The number of allylic oxidation sites excluding steroid dienone is 2. The molecule has 3 rings (SSSR count). The lowest BCUT2D eigenvalue weighted by atomic mass is 9.67. The molecule has 4 atom stereocenters. The van der Waals surface area contributed by atoms with Crippen molar-refractivity contribution < 1.29 is 0 Å². The van der Waals surface area contributed by atoms with Gasteiger partial charge in [0, 0.05) is 6.04 Å². The summed E-state index contributed by atoms with van der Waals surface area (Å²) >= 11 is 0. The van der Waals surface area contributed by atoms with Crippen molar-refractivity contribution in [1.29, 1.82) is 0 Å². The molecule has 2 N–H and O–H groups in total. The summed E-state index contributed by atoms with van der Waals surface area (Å²) in [5.74, 6) is 2.65. The number of rotatable bonds is 2. The van der Waals surface area contributed by atoms with E-state index in [4.69, 9.17) is 5.73 Å². The zero-order valence-electron chi connectivity index (χ0n) is 7.87. The third-order valence-electron chi connectivity index (χ3n) is 3.39. The SMILES string of the molecule is CC(N)CC1CC2C=CC1CC2. The maximum atomic E-state index is 5.83. The van der Waals surface area contributed by atoms with Crippen molar-refractivity contribution in [3.8, 4) is 0 Å². The predicted molar refractivity (Wildman–Crippen MR) is 51.7 cm³/mol. The summed E-state index contributed by atoms with van der Waals surface area (Å²) in [7, 11) is 0. The average molecular weight is 165 g/mol. The van der Waals surface area contributed by atoms with E-state index in [0.29, 0.717) is 6.04 Å². The minimum atomic E-state index is 0.391. The highest BCUT2D eigenvalue weighted by molar-refractivity contribution is 5.06. The standard InChI is InChI=1S/C11H19N/c1-8(12)6-11-7-9-2-4-10(11)5-3-9/h2,4,8-11H,3,5-7,12H2,1H3. The topological polar surface area (TPSA) is 26.0 Å². The average Bonchev–Trinajstić information content (AvgIpc) is 2.05. The van der Waals surface area contributed by atoms with Gasteiger partial charge >= 0.3 is 0 Å². The normalized spacial score (nSPS) is 41.7. The van der Waals surface area contributed by atoms with E-state index in [1.165, 1.54) is 25.7 Å². The molecule has 1 fully saturated rings. The summed E-state index contributed by atoms with van der Waals surface area (Å²) in [6, 6.07) is 0.391. The monoisotopic (exact) mass is 165 g/mol. The molecule has 68 valence electrons. The molecule has 12 heavy (non-hydrogen) atoms. The largest absolute Gasteiger partial charge is 0.328 e. The Morgan fingerprint density at radius 1 is 1.42 bits per heavy atom. The number of hydrogen-bond donors (Lipinski definition) is 1. The van der Waals surface area contributed by atoms with Crippen LogP contribution in [-0.4, -0.2) is 6.04 Å². The molecule has 0 aliphatic heterocycles. The zero-order chi connectivity index (χ0) is 8.55. The number of nitrogens with two attached hydrogens (primary N) is 1. The van der Waals surface area contributed by atoms with E-state index in [0.717, 1.165) is 17.8 Å². The van der Waals surface area contributed by atoms with Gasteiger partial charge in [-0.15, -0.1) is 0 Å². The van der Waals surface area contributed by atoms with Crippen LogP contribution in [0.4, 0.5) is 0 Å². The molecule has 2 bridgehead atoms. The van der Waals surface area contributed by atoms with E-state index in [9.17, 15) is 0 Å². The first-order valence-electron chi connectivity index (χ1n) is 5.19. The first-order chi connectivity index (χ1) is 5.75. The van der Waals surface area contributed by atoms with Crippen LogP contribution in [0.3, 0.4) is 0 Å². The highest BCUT2D eigenvalue weighted by Gasteiger charge is 2.31. The van der Waals surface area contributed by atoms with Gasteiger partial charge in [-0.1, -0.05) is 12.2 Å². The van der Waals surface area contributed by atoms with Gasteiger partial charge in [-0.2, -0.15) is 0 Å². The molecule has 3 aliphatic rings. The lowest BCUT2D eigenvalue weighted by molar-refractivity contribution is 0.201. The quantitative estimate of drug-likeness (QED) is 0.624. The van der Waals surface area contributed by atoms with Crippen LogP contribution in [0.5, 0.6) is 0 Å². The molecule has 0 radical (unpaired) electrons. The van der Waals surface area contributed by atoms with Gasteiger partial charge in [0.2, 0.25) is 0 Å². The van der Waals surface area contributed by atoms with Gasteiger partial charge in [-0.05, 0) is 50.4 Å². The summed E-state index contributed by atoms with van der Waals surface area (Å²) < 4.78 is 0. The fraction of sp³-hybridized carbons (Fsp3) is 0.818. The molecule has 1 heteroatoms. The molecule has 0 aromatic rings. The van der Waals surface area contributed by atoms with E-state index in [-0.39, 0.29) is 0 Å². The van der Waals surface area contributed by atoms with Gasteiger partial charge in [-0.25, -0.2) is 0 Å². The Hall–Kier alpha value is -0.300. The van der Waals surface area contributed by atoms with E-state index in [2.05, 4.69) is 19.1 Å². The van der Waals surface area contributed by atoms with Crippen LogP contribution in [0.1, 0.15) is 32.6 Å². The number of fused-ring (bicyclic) bond motifs is 2. The van der Waals surface area contributed by atoms with Gasteiger partial charge in [0.1, 0.15) is 0 Å². The molecule has 4 unspecified atom stereocenters. The Morgan fingerprint density at radius 2 is 2.25 bits per heavy atom. The van der Waals surface area contributed by atoms with Gasteiger partial charge in [0.25, 0.3) is 0 Å². The molecule has 1 nitrogen and oxygen atoms in total. The van der Waals surface area contributed by atoms with Gasteiger partial charge in [0.05, 0.1) is 0 Å². The highest BCUT2D eigenvalue weighted by Crippen LogP contribution is 2.42. The lowest BCUT2D eigenvalue weighted by Crippen LogP contribution is -2.31. The van der Waals surface area contributed by atoms with Crippen LogP contribution in [0.2, 0.25) is 0 Å². The molecule has 3 aliphatic carbocycles. The minimum Gasteiger partial charge on any atom is -0.328 e. The molecule has 0 amide bonds. The van der Waals surface area contributed by atoms with Crippen molar-refractivity contribution in [2.75, 3.05) is 0 Å². The second-order valence-corrected chi connectivity index (χ2v) is 4.59. The Labute approximate surface area is 75.0 Å². The van der Waals surface area contributed by atoms with Crippen LogP contribution in [0.15, 0.2) is 12.2 Å². The van der Waals surface area contributed by atoms with E-state index in [1.807, 2.05) is 0 Å². The minimum absolute atomic E-state index is 0.391. The summed E-state index contributed by atoms with van der Waals surface area (Å²) in [6.07, 6.45) is 10.3. The van der Waals surface area contributed by atoms with Crippen molar-refractivity contribution in [3.63, 3.8) is 0 Å². The molecule has 1 saturated carbocycles. The fourth-order valence-corrected chi connectivity index (χ4v) is 2.80. The zero-order valence-corrected chi connectivity index (χ0v) is 7.87. The Bertz CT molecular complexity index is 183. The summed E-state index contributed by atoms with van der Waals surface area (Å²) in [4.78, 5) is 0. The Balaban J connectivity index is 1.97. The summed E-state index contributed by atoms with van der Waals surface area (Å²) in [5, 5.41) is 0. The van der Waals surface area contributed by atoms with Crippen LogP contribution >= 0.6 is 0 Å². The molecule has 0 heterocycles. The van der Waals surface area contributed by atoms with Crippen LogP contribution in [-0.2, 0) is 0 Å². The van der Waals surface area contributed by atoms with Crippen LogP contribution in [0, 0.1) is 17.8 Å². The molecule has 0 aromatic heterocycles. The Kier molecular flexibility index (Phi) is 2.22. The smallest absolute Gasteiger partial charge is 0.00133 e. The molecule has 0 saturated heterocycles. The second-order valence-electron chi connectivity index (χ2n) is 4.59. The van der Waals surface area contributed by atoms with E-state index < -0.39 is 0 Å². The van der Waals surface area contributed by atoms with Crippen molar-refractivity contribution >= 4 is 0 Å².